The quantitative estimate of drug-likeness (QED) is 0.114. The number of nitrogens with one attached hydrogen (secondary N) is 2. The lowest BCUT2D eigenvalue weighted by Crippen LogP contribution is -2.57. The average molecular weight is 737 g/mol. The van der Waals surface area contributed by atoms with Gasteiger partial charge in [0.1, 0.15) is 11.1 Å². The summed E-state index contributed by atoms with van der Waals surface area (Å²) in [4.78, 5) is 30.1. The van der Waals surface area contributed by atoms with Crippen LogP contribution in [0.25, 0.3) is 0 Å². The fourth-order valence-corrected chi connectivity index (χ4v) is 7.33. The van der Waals surface area contributed by atoms with E-state index in [0.717, 1.165) is 16.8 Å². The van der Waals surface area contributed by atoms with Crippen LogP contribution in [0.4, 0.5) is 27.6 Å². The van der Waals surface area contributed by atoms with Crippen molar-refractivity contribution in [1.29, 1.82) is 0 Å². The van der Waals surface area contributed by atoms with Gasteiger partial charge in [-0.25, -0.2) is 22.0 Å². The second-order valence-electron chi connectivity index (χ2n) is 13.5. The number of hydrogen-bond acceptors (Lipinski definition) is 7. The summed E-state index contributed by atoms with van der Waals surface area (Å²) in [6.07, 6.45) is 0.447. The van der Waals surface area contributed by atoms with Gasteiger partial charge in [0.25, 0.3) is 5.91 Å². The van der Waals surface area contributed by atoms with E-state index in [1.807, 2.05) is 54.6 Å². The number of anilines is 1. The third kappa shape index (κ3) is 7.23. The molecule has 4 aromatic carbocycles. The van der Waals surface area contributed by atoms with Crippen LogP contribution in [0.5, 0.6) is 0 Å². The summed E-state index contributed by atoms with van der Waals surface area (Å²) in [5.41, 5.74) is 1.63. The van der Waals surface area contributed by atoms with Crippen molar-refractivity contribution in [3.05, 3.63) is 136 Å². The number of rotatable bonds is 9. The van der Waals surface area contributed by atoms with Gasteiger partial charge in [0.15, 0.2) is 29.6 Å². The summed E-state index contributed by atoms with van der Waals surface area (Å²) >= 11 is 0. The number of piperidine rings is 1. The molecule has 0 bridgehead atoms. The predicted octanol–water partition coefficient (Wildman–Crippen LogP) is 5.78. The molecule has 0 radical (unpaired) electrons. The SMILES string of the molecule is O=C(NCc1ccc(C2OC(CN3CCC4(CC3)C(=O)NCN4c3ccccc3)CC(c3ccc(CO)cc3)O2)cc1)c1c(F)c(F)c(F)c(F)c1F. The predicted molar refractivity (Wildman–Crippen MR) is 183 cm³/mol. The molecule has 3 N–H and O–H groups in total. The van der Waals surface area contributed by atoms with Crippen molar-refractivity contribution in [2.45, 2.75) is 56.5 Å². The number of aliphatic hydroxyl groups excluding tert-OH is 1. The Bertz CT molecular complexity index is 1930. The van der Waals surface area contributed by atoms with Gasteiger partial charge in [-0.3, -0.25) is 9.59 Å². The number of para-hydroxylation sites is 1. The number of aliphatic hydroxyl groups is 1. The Balaban J connectivity index is 1.03. The van der Waals surface area contributed by atoms with Gasteiger partial charge in [0, 0.05) is 43.9 Å². The topological polar surface area (TPSA) is 103 Å². The van der Waals surface area contributed by atoms with E-state index in [0.29, 0.717) is 56.7 Å². The lowest BCUT2D eigenvalue weighted by Gasteiger charge is -2.45. The second-order valence-corrected chi connectivity index (χ2v) is 13.5. The van der Waals surface area contributed by atoms with Crippen molar-refractivity contribution in [3.8, 4) is 0 Å². The molecule has 14 heteroatoms. The molecule has 3 heterocycles. The molecule has 3 saturated heterocycles. The maximum absolute atomic E-state index is 14.1. The van der Waals surface area contributed by atoms with Crippen LogP contribution in [0, 0.1) is 29.1 Å². The highest BCUT2D eigenvalue weighted by molar-refractivity contribution is 5.95. The molecule has 3 aliphatic rings. The minimum atomic E-state index is -2.34. The Morgan fingerprint density at radius 3 is 2.06 bits per heavy atom. The van der Waals surface area contributed by atoms with Crippen molar-refractivity contribution in [2.75, 3.05) is 31.2 Å². The molecular weight excluding hydrogens is 699 g/mol. The van der Waals surface area contributed by atoms with Gasteiger partial charge in [-0.1, -0.05) is 66.7 Å². The molecule has 4 aromatic rings. The zero-order chi connectivity index (χ0) is 37.3. The number of likely N-dealkylation sites (tertiary alicyclic amines) is 1. The monoisotopic (exact) mass is 736 g/mol. The van der Waals surface area contributed by atoms with Crippen molar-refractivity contribution < 1.29 is 46.1 Å². The maximum atomic E-state index is 14.1. The van der Waals surface area contributed by atoms with Gasteiger partial charge >= 0.3 is 0 Å². The Kier molecular flexibility index (Phi) is 10.5. The second kappa shape index (κ2) is 15.2. The Morgan fingerprint density at radius 1 is 0.811 bits per heavy atom. The molecule has 3 fully saturated rings. The van der Waals surface area contributed by atoms with Gasteiger partial charge in [0.2, 0.25) is 11.7 Å². The molecule has 7 rings (SSSR count). The van der Waals surface area contributed by atoms with Crippen LogP contribution in [0.2, 0.25) is 0 Å². The molecule has 3 atom stereocenters. The van der Waals surface area contributed by atoms with E-state index in [2.05, 4.69) is 20.4 Å². The van der Waals surface area contributed by atoms with Gasteiger partial charge in [-0.15, -0.1) is 0 Å². The van der Waals surface area contributed by atoms with E-state index in [4.69, 9.17) is 9.47 Å². The minimum Gasteiger partial charge on any atom is -0.392 e. The third-order valence-corrected chi connectivity index (χ3v) is 10.3. The van der Waals surface area contributed by atoms with Gasteiger partial charge in [-0.2, -0.15) is 0 Å². The normalized spacial score (nSPS) is 21.5. The fourth-order valence-electron chi connectivity index (χ4n) is 7.33. The first-order valence-corrected chi connectivity index (χ1v) is 17.3. The number of amides is 2. The molecule has 2 amide bonds. The van der Waals surface area contributed by atoms with Gasteiger partial charge < -0.3 is 35.0 Å². The molecule has 278 valence electrons. The van der Waals surface area contributed by atoms with Gasteiger partial charge in [0.05, 0.1) is 25.5 Å². The summed E-state index contributed by atoms with van der Waals surface area (Å²) < 4.78 is 81.9. The fraction of sp³-hybridized carbons (Fsp3) is 0.333. The van der Waals surface area contributed by atoms with Crippen molar-refractivity contribution in [2.24, 2.45) is 0 Å². The number of benzene rings is 4. The summed E-state index contributed by atoms with van der Waals surface area (Å²) in [5.74, 6) is -12.6. The maximum Gasteiger partial charge on any atom is 0.257 e. The van der Waals surface area contributed by atoms with E-state index in [1.54, 1.807) is 24.3 Å². The molecule has 1 spiro atoms. The van der Waals surface area contributed by atoms with Crippen molar-refractivity contribution in [1.82, 2.24) is 15.5 Å². The summed E-state index contributed by atoms with van der Waals surface area (Å²) in [7, 11) is 0. The van der Waals surface area contributed by atoms with Crippen LogP contribution >= 0.6 is 0 Å². The average Bonchev–Trinajstić information content (AvgIpc) is 3.51. The van der Waals surface area contributed by atoms with Gasteiger partial charge in [-0.05, 0) is 41.7 Å². The molecule has 3 aliphatic heterocycles. The first kappa shape index (κ1) is 36.5. The number of hydrogen-bond donors (Lipinski definition) is 3. The highest BCUT2D eigenvalue weighted by Gasteiger charge is 2.50. The van der Waals surface area contributed by atoms with E-state index in [9.17, 15) is 36.6 Å². The molecule has 3 unspecified atom stereocenters. The zero-order valence-corrected chi connectivity index (χ0v) is 28.5. The molecule has 53 heavy (non-hydrogen) atoms. The highest BCUT2D eigenvalue weighted by Crippen LogP contribution is 2.40. The lowest BCUT2D eigenvalue weighted by atomic mass is 9.85. The lowest BCUT2D eigenvalue weighted by molar-refractivity contribution is -0.253. The van der Waals surface area contributed by atoms with Crippen LogP contribution in [-0.4, -0.2) is 59.8 Å². The molecule has 9 nitrogen and oxygen atoms in total. The van der Waals surface area contributed by atoms with Crippen LogP contribution in [0.3, 0.4) is 0 Å². The van der Waals surface area contributed by atoms with Crippen molar-refractivity contribution >= 4 is 17.5 Å². The van der Waals surface area contributed by atoms with E-state index in [-0.39, 0.29) is 31.3 Å². The molecule has 0 saturated carbocycles. The third-order valence-electron chi connectivity index (χ3n) is 10.3. The number of carbonyl (C=O) groups excluding carboxylic acids is 2. The van der Waals surface area contributed by atoms with Crippen LogP contribution in [-0.2, 0) is 27.4 Å². The van der Waals surface area contributed by atoms with Crippen LogP contribution < -0.4 is 15.5 Å². The Labute approximate surface area is 302 Å². The smallest absolute Gasteiger partial charge is 0.257 e. The Morgan fingerprint density at radius 2 is 1.42 bits per heavy atom. The van der Waals surface area contributed by atoms with E-state index in [1.165, 1.54) is 0 Å². The number of halogens is 5. The summed E-state index contributed by atoms with van der Waals surface area (Å²) in [5, 5.41) is 14.8. The highest BCUT2D eigenvalue weighted by atomic mass is 19.2. The molecular formula is C39H37F5N4O5. The largest absolute Gasteiger partial charge is 0.392 e. The van der Waals surface area contributed by atoms with Crippen molar-refractivity contribution in [3.63, 3.8) is 0 Å². The minimum absolute atomic E-state index is 0.0374. The van der Waals surface area contributed by atoms with Crippen LogP contribution in [0.1, 0.15) is 64.3 Å². The first-order chi connectivity index (χ1) is 25.6. The molecule has 0 aromatic heterocycles. The Hall–Kier alpha value is -4.89. The summed E-state index contributed by atoms with van der Waals surface area (Å²) in [6, 6.07) is 24.1. The van der Waals surface area contributed by atoms with E-state index < -0.39 is 52.4 Å². The zero-order valence-electron chi connectivity index (χ0n) is 28.5. The number of carbonyl (C=O) groups is 2. The standard InChI is InChI=1S/C39H37F5N4O5/c40-31-30(32(41)34(43)35(44)33(31)42)36(50)45-19-23-6-12-26(13-7-23)37-52-28(18-29(53-37)25-10-8-24(21-49)9-11-25)20-47-16-14-39(15-17-47)38(51)46-22-48(39)27-4-2-1-3-5-27/h1-13,28-29,37,49H,14-22H2,(H,45,50)(H,46,51). The number of nitrogens with zero attached hydrogens (tertiary/aromatic N) is 2. The van der Waals surface area contributed by atoms with Crippen LogP contribution in [0.15, 0.2) is 78.9 Å². The summed E-state index contributed by atoms with van der Waals surface area (Å²) in [6.45, 7) is 2.07. The van der Waals surface area contributed by atoms with E-state index >= 15 is 0 Å². The number of ether oxygens (including phenoxy) is 2. The molecule has 0 aliphatic carbocycles. The first-order valence-electron chi connectivity index (χ1n) is 17.3.